The Balaban J connectivity index is 2.89. The molecule has 1 aromatic rings. The summed E-state index contributed by atoms with van der Waals surface area (Å²) >= 11 is 6.70. The Hall–Kier alpha value is -1.06. The summed E-state index contributed by atoms with van der Waals surface area (Å²) in [6, 6.07) is 6.37. The van der Waals surface area contributed by atoms with Gasteiger partial charge in [0.1, 0.15) is 6.10 Å². The number of carbonyl (C=O) groups excluding carboxylic acids is 1. The molecule has 0 aromatic heterocycles. The first kappa shape index (κ1) is 15.0. The van der Waals surface area contributed by atoms with Crippen LogP contribution in [-0.4, -0.2) is 27.2 Å². The lowest BCUT2D eigenvalue weighted by Crippen LogP contribution is -2.22. The first-order valence-corrected chi connectivity index (χ1v) is 6.51. The molecule has 0 bridgehead atoms. The molecule has 0 amide bonds. The zero-order valence-corrected chi connectivity index (χ0v) is 11.2. The highest BCUT2D eigenvalue weighted by Gasteiger charge is 2.22. The quantitative estimate of drug-likeness (QED) is 0.883. The number of nitriles is 1. The van der Waals surface area contributed by atoms with Crippen LogP contribution in [0.15, 0.2) is 18.2 Å². The van der Waals surface area contributed by atoms with Gasteiger partial charge >= 0.3 is 0 Å². The van der Waals surface area contributed by atoms with Crippen molar-refractivity contribution in [3.8, 4) is 6.07 Å². The van der Waals surface area contributed by atoms with Crippen molar-refractivity contribution in [1.29, 1.82) is 5.26 Å². The summed E-state index contributed by atoms with van der Waals surface area (Å²) in [6.07, 6.45) is -2.38. The van der Waals surface area contributed by atoms with Crippen LogP contribution in [-0.2, 0) is 4.79 Å². The second-order valence-electron chi connectivity index (χ2n) is 3.66. The fraction of sp³-hybridized carbons (Fsp3) is 0.333. The fourth-order valence-corrected chi connectivity index (χ4v) is 2.15. The second-order valence-corrected chi connectivity index (χ2v) is 5.29. The van der Waals surface area contributed by atoms with E-state index in [0.29, 0.717) is 5.02 Å². The molecule has 1 aromatic carbocycles. The Bertz CT molecular complexity index is 487. The van der Waals surface area contributed by atoms with E-state index in [1.54, 1.807) is 0 Å². The molecule has 6 heteroatoms. The van der Waals surface area contributed by atoms with E-state index in [1.165, 1.54) is 25.1 Å². The number of nitrogens with zero attached hydrogens (tertiary/aromatic N) is 1. The third-order valence-corrected chi connectivity index (χ3v) is 3.42. The Morgan fingerprint density at radius 1 is 1.56 bits per heavy atom. The fourth-order valence-electron chi connectivity index (χ4n) is 1.38. The molecule has 0 heterocycles. The summed E-state index contributed by atoms with van der Waals surface area (Å²) in [5.41, 5.74) is 0.514. The third-order valence-electron chi connectivity index (χ3n) is 2.27. The van der Waals surface area contributed by atoms with E-state index < -0.39 is 12.2 Å². The molecule has 2 N–H and O–H groups in total. The van der Waals surface area contributed by atoms with Gasteiger partial charge in [-0.15, -0.1) is 0 Å². The maximum atomic E-state index is 10.8. The minimum absolute atomic E-state index is 0.0634. The number of aliphatic hydroxyl groups excluding tert-OH is 2. The molecule has 0 aliphatic rings. The molecule has 0 aliphatic carbocycles. The van der Waals surface area contributed by atoms with E-state index >= 15 is 0 Å². The molecule has 0 spiro atoms. The van der Waals surface area contributed by atoms with Crippen LogP contribution in [0, 0.1) is 11.3 Å². The van der Waals surface area contributed by atoms with Crippen molar-refractivity contribution in [2.24, 2.45) is 0 Å². The summed E-state index contributed by atoms with van der Waals surface area (Å²) in [5.74, 6) is 0.0634. The number of aliphatic hydroxyl groups is 2. The van der Waals surface area contributed by atoms with Crippen LogP contribution in [0.25, 0.3) is 0 Å². The lowest BCUT2D eigenvalue weighted by molar-refractivity contribution is -0.109. The minimum Gasteiger partial charge on any atom is -0.389 e. The monoisotopic (exact) mass is 285 g/mol. The van der Waals surface area contributed by atoms with Crippen molar-refractivity contribution in [2.75, 3.05) is 5.75 Å². The molecule has 4 nitrogen and oxygen atoms in total. The third kappa shape index (κ3) is 4.00. The highest BCUT2D eigenvalue weighted by Crippen LogP contribution is 2.26. The van der Waals surface area contributed by atoms with Crippen LogP contribution in [0.1, 0.15) is 24.2 Å². The zero-order chi connectivity index (χ0) is 13.7. The Morgan fingerprint density at radius 3 is 2.78 bits per heavy atom. The molecular formula is C12H12ClNO3S. The molecule has 0 aliphatic heterocycles. The van der Waals surface area contributed by atoms with E-state index in [-0.39, 0.29) is 22.0 Å². The number of halogens is 1. The predicted molar refractivity (Wildman–Crippen MR) is 70.3 cm³/mol. The highest BCUT2D eigenvalue weighted by atomic mass is 35.5. The number of thioether (sulfide) groups is 1. The lowest BCUT2D eigenvalue weighted by Gasteiger charge is -2.18. The molecule has 0 radical (unpaired) electrons. The van der Waals surface area contributed by atoms with Gasteiger partial charge in [-0.05, 0) is 18.2 Å². The van der Waals surface area contributed by atoms with Crippen molar-refractivity contribution < 1.29 is 15.0 Å². The largest absolute Gasteiger partial charge is 0.389 e. The SMILES string of the molecule is CC(=O)SCC(O)C(O)c1cc(Cl)ccc1C#N. The normalized spacial score (nSPS) is 13.7. The molecule has 18 heavy (non-hydrogen) atoms. The zero-order valence-electron chi connectivity index (χ0n) is 9.63. The van der Waals surface area contributed by atoms with Gasteiger partial charge in [0.05, 0.1) is 17.7 Å². The standard InChI is InChI=1S/C12H12ClNO3S/c1-7(15)18-6-11(16)12(17)10-4-9(13)3-2-8(10)5-14/h2-4,11-12,16-17H,6H2,1H3. The van der Waals surface area contributed by atoms with Gasteiger partial charge in [-0.3, -0.25) is 4.79 Å². The van der Waals surface area contributed by atoms with Crippen LogP contribution < -0.4 is 0 Å². The van der Waals surface area contributed by atoms with Crippen LogP contribution in [0.5, 0.6) is 0 Å². The van der Waals surface area contributed by atoms with Crippen LogP contribution >= 0.6 is 23.4 Å². The maximum Gasteiger partial charge on any atom is 0.185 e. The molecule has 0 saturated heterocycles. The van der Waals surface area contributed by atoms with E-state index in [0.717, 1.165) is 11.8 Å². The highest BCUT2D eigenvalue weighted by molar-refractivity contribution is 8.13. The number of rotatable bonds is 4. The average molecular weight is 286 g/mol. The second kappa shape index (κ2) is 6.76. The van der Waals surface area contributed by atoms with Gasteiger partial charge in [0.25, 0.3) is 0 Å². The van der Waals surface area contributed by atoms with Gasteiger partial charge in [-0.25, -0.2) is 0 Å². The molecule has 96 valence electrons. The number of carbonyl (C=O) groups is 1. The first-order valence-electron chi connectivity index (χ1n) is 5.14. The van der Waals surface area contributed by atoms with Gasteiger partial charge in [-0.1, -0.05) is 23.4 Å². The predicted octanol–water partition coefficient (Wildman–Crippen LogP) is 1.89. The number of benzene rings is 1. The topological polar surface area (TPSA) is 81.3 Å². The molecule has 2 atom stereocenters. The van der Waals surface area contributed by atoms with Crippen LogP contribution in [0.4, 0.5) is 0 Å². The van der Waals surface area contributed by atoms with Gasteiger partial charge in [0, 0.05) is 23.3 Å². The van der Waals surface area contributed by atoms with Crippen molar-refractivity contribution in [1.82, 2.24) is 0 Å². The first-order chi connectivity index (χ1) is 8.45. The van der Waals surface area contributed by atoms with Gasteiger partial charge in [0.15, 0.2) is 5.12 Å². The summed E-state index contributed by atoms with van der Waals surface area (Å²) < 4.78 is 0. The van der Waals surface area contributed by atoms with Crippen LogP contribution in [0.2, 0.25) is 5.02 Å². The summed E-state index contributed by atoms with van der Waals surface area (Å²) in [6.45, 7) is 1.38. The molecule has 2 unspecified atom stereocenters. The maximum absolute atomic E-state index is 10.8. The Morgan fingerprint density at radius 2 is 2.22 bits per heavy atom. The van der Waals surface area contributed by atoms with Gasteiger partial charge in [0.2, 0.25) is 0 Å². The van der Waals surface area contributed by atoms with Crippen molar-refractivity contribution >= 4 is 28.5 Å². The number of hydrogen-bond donors (Lipinski definition) is 2. The van der Waals surface area contributed by atoms with E-state index in [4.69, 9.17) is 16.9 Å². The Kier molecular flexibility index (Phi) is 5.63. The van der Waals surface area contributed by atoms with Crippen molar-refractivity contribution in [2.45, 2.75) is 19.1 Å². The smallest absolute Gasteiger partial charge is 0.185 e. The van der Waals surface area contributed by atoms with Gasteiger partial charge in [-0.2, -0.15) is 5.26 Å². The molecule has 0 saturated carbocycles. The summed E-state index contributed by atoms with van der Waals surface area (Å²) in [5, 5.41) is 28.8. The van der Waals surface area contributed by atoms with Crippen molar-refractivity contribution in [3.63, 3.8) is 0 Å². The van der Waals surface area contributed by atoms with Crippen molar-refractivity contribution in [3.05, 3.63) is 34.3 Å². The molecular weight excluding hydrogens is 274 g/mol. The van der Waals surface area contributed by atoms with E-state index in [9.17, 15) is 15.0 Å². The van der Waals surface area contributed by atoms with E-state index in [1.807, 2.05) is 6.07 Å². The molecule has 0 fully saturated rings. The summed E-state index contributed by atoms with van der Waals surface area (Å²) in [7, 11) is 0. The number of hydrogen-bond acceptors (Lipinski definition) is 5. The average Bonchev–Trinajstić information content (AvgIpc) is 2.34. The molecule has 1 rings (SSSR count). The van der Waals surface area contributed by atoms with E-state index in [2.05, 4.69) is 0 Å². The minimum atomic E-state index is -1.25. The van der Waals surface area contributed by atoms with Gasteiger partial charge < -0.3 is 10.2 Å². The van der Waals surface area contributed by atoms with Crippen LogP contribution in [0.3, 0.4) is 0 Å². The lowest BCUT2D eigenvalue weighted by atomic mass is 10.00. The summed E-state index contributed by atoms with van der Waals surface area (Å²) in [4.78, 5) is 10.8. The Labute approximate surface area is 114 Å².